The van der Waals surface area contributed by atoms with Crippen LogP contribution < -0.4 is 0 Å². The number of hydrogen-bond donors (Lipinski definition) is 0. The summed E-state index contributed by atoms with van der Waals surface area (Å²) in [6.45, 7) is 0. The van der Waals surface area contributed by atoms with Crippen molar-refractivity contribution in [3.63, 3.8) is 0 Å². The Labute approximate surface area is 266 Å². The zero-order chi connectivity index (χ0) is 29.5. The van der Waals surface area contributed by atoms with Crippen molar-refractivity contribution in [3.8, 4) is 27.9 Å². The van der Waals surface area contributed by atoms with E-state index < -0.39 is 0 Å². The zero-order valence-electron chi connectivity index (χ0n) is 23.9. The highest BCUT2D eigenvalue weighted by Crippen LogP contribution is 2.51. The summed E-state index contributed by atoms with van der Waals surface area (Å²) in [5, 5.41) is 7.54. The van der Waals surface area contributed by atoms with Crippen LogP contribution in [-0.4, -0.2) is 14.5 Å². The Morgan fingerprint density at radius 1 is 0.511 bits per heavy atom. The molecule has 6 aromatic carbocycles. The molecule has 0 aliphatic heterocycles. The van der Waals surface area contributed by atoms with Gasteiger partial charge in [-0.25, -0.2) is 9.97 Å². The van der Waals surface area contributed by atoms with Gasteiger partial charge in [-0.1, -0.05) is 97.1 Å². The lowest BCUT2D eigenvalue weighted by Gasteiger charge is -2.14. The molecule has 0 unspecified atom stereocenters. The van der Waals surface area contributed by atoms with Gasteiger partial charge in [0.25, 0.3) is 0 Å². The molecule has 0 saturated carbocycles. The fraction of sp³-hybridized carbons (Fsp3) is 0. The summed E-state index contributed by atoms with van der Waals surface area (Å²) in [5.41, 5.74) is 8.37. The van der Waals surface area contributed by atoms with Gasteiger partial charge in [0.2, 0.25) is 0 Å². The van der Waals surface area contributed by atoms with Crippen molar-refractivity contribution < 1.29 is 0 Å². The van der Waals surface area contributed by atoms with Gasteiger partial charge < -0.3 is 4.57 Å². The first-order valence-corrected chi connectivity index (χ1v) is 16.6. The summed E-state index contributed by atoms with van der Waals surface area (Å²) in [5.74, 6) is 0. The maximum absolute atomic E-state index is 4.76. The molecule has 0 fully saturated rings. The number of para-hydroxylation sites is 1. The third-order valence-electron chi connectivity index (χ3n) is 8.92. The van der Waals surface area contributed by atoms with E-state index in [2.05, 4.69) is 137 Å². The van der Waals surface area contributed by atoms with Crippen molar-refractivity contribution in [2.45, 2.75) is 0 Å². The molecule has 0 radical (unpaired) electrons. The first kappa shape index (κ1) is 25.0. The SMILES string of the molecule is c1ccc(-c2cc(-c3ccccc3)cc(-n3c4ccccc4c4c5sc6ccccc6c5c5c6cncnc6sc5c43)c2)cc1. The van der Waals surface area contributed by atoms with E-state index in [1.165, 1.54) is 74.3 Å². The number of fused-ring (bicyclic) bond motifs is 12. The second-order valence-electron chi connectivity index (χ2n) is 11.4. The van der Waals surface area contributed by atoms with Crippen LogP contribution in [-0.2, 0) is 0 Å². The van der Waals surface area contributed by atoms with Crippen LogP contribution in [0.5, 0.6) is 0 Å². The molecule has 10 rings (SSSR count). The predicted octanol–water partition coefficient (Wildman–Crippen LogP) is 11.6. The Bertz CT molecular complexity index is 2700. The summed E-state index contributed by atoms with van der Waals surface area (Å²) in [6, 6.07) is 46.1. The highest BCUT2D eigenvalue weighted by Gasteiger charge is 2.25. The third-order valence-corrected chi connectivity index (χ3v) is 11.2. The lowest BCUT2D eigenvalue weighted by atomic mass is 9.98. The van der Waals surface area contributed by atoms with Gasteiger partial charge in [0, 0.05) is 53.6 Å². The Hall–Kier alpha value is -5.36. The molecule has 0 saturated heterocycles. The van der Waals surface area contributed by atoms with Crippen molar-refractivity contribution in [3.05, 3.63) is 140 Å². The molecule has 0 amide bonds. The first-order chi connectivity index (χ1) is 22.3. The van der Waals surface area contributed by atoms with E-state index in [1.54, 1.807) is 17.7 Å². The Balaban J connectivity index is 1.44. The van der Waals surface area contributed by atoms with Crippen molar-refractivity contribution in [1.29, 1.82) is 0 Å². The molecule has 3 nitrogen and oxygen atoms in total. The van der Waals surface area contributed by atoms with E-state index in [9.17, 15) is 0 Å². The van der Waals surface area contributed by atoms with E-state index >= 15 is 0 Å². The normalized spacial score (nSPS) is 12.0. The number of thiophene rings is 2. The van der Waals surface area contributed by atoms with Crippen LogP contribution in [0.3, 0.4) is 0 Å². The van der Waals surface area contributed by atoms with Crippen LogP contribution in [0.15, 0.2) is 140 Å². The minimum absolute atomic E-state index is 1.02. The van der Waals surface area contributed by atoms with Crippen LogP contribution in [0.4, 0.5) is 0 Å². The number of rotatable bonds is 3. The minimum Gasteiger partial charge on any atom is -0.308 e. The van der Waals surface area contributed by atoms with Gasteiger partial charge in [0.05, 0.1) is 15.7 Å². The van der Waals surface area contributed by atoms with Crippen LogP contribution in [0.1, 0.15) is 0 Å². The Kier molecular flexibility index (Phi) is 5.32. The maximum Gasteiger partial charge on any atom is 0.127 e. The highest BCUT2D eigenvalue weighted by molar-refractivity contribution is 7.29. The molecule has 10 aromatic rings. The Morgan fingerprint density at radius 3 is 1.91 bits per heavy atom. The van der Waals surface area contributed by atoms with Crippen molar-refractivity contribution >= 4 is 85.0 Å². The predicted molar refractivity (Wildman–Crippen MR) is 193 cm³/mol. The van der Waals surface area contributed by atoms with E-state index in [1.807, 2.05) is 17.5 Å². The quantitative estimate of drug-likeness (QED) is 0.199. The van der Waals surface area contributed by atoms with E-state index in [4.69, 9.17) is 4.98 Å². The number of hydrogen-bond acceptors (Lipinski definition) is 4. The first-order valence-electron chi connectivity index (χ1n) is 15.0. The summed E-state index contributed by atoms with van der Waals surface area (Å²) >= 11 is 3.67. The minimum atomic E-state index is 1.02. The second-order valence-corrected chi connectivity index (χ2v) is 13.5. The smallest absolute Gasteiger partial charge is 0.127 e. The molecule has 0 aliphatic rings. The topological polar surface area (TPSA) is 30.7 Å². The lowest BCUT2D eigenvalue weighted by molar-refractivity contribution is 1.19. The fourth-order valence-electron chi connectivity index (χ4n) is 7.01. The Morgan fingerprint density at radius 2 is 1.16 bits per heavy atom. The van der Waals surface area contributed by atoms with Gasteiger partial charge in [-0.2, -0.15) is 0 Å². The van der Waals surface area contributed by atoms with Crippen LogP contribution in [0.25, 0.3) is 90.2 Å². The highest BCUT2D eigenvalue weighted by atomic mass is 32.1. The maximum atomic E-state index is 4.76. The molecule has 5 heteroatoms. The van der Waals surface area contributed by atoms with Gasteiger partial charge >= 0.3 is 0 Å². The van der Waals surface area contributed by atoms with Crippen molar-refractivity contribution in [1.82, 2.24) is 14.5 Å². The number of aromatic nitrogens is 3. The van der Waals surface area contributed by atoms with Crippen molar-refractivity contribution in [2.75, 3.05) is 0 Å². The van der Waals surface area contributed by atoms with Crippen molar-refractivity contribution in [2.24, 2.45) is 0 Å². The molecule has 0 aliphatic carbocycles. The zero-order valence-corrected chi connectivity index (χ0v) is 25.6. The molecule has 210 valence electrons. The average molecular weight is 610 g/mol. The molecule has 0 spiro atoms. The van der Waals surface area contributed by atoms with E-state index in [0.717, 1.165) is 15.9 Å². The molecular weight excluding hydrogens is 587 g/mol. The standard InChI is InChI=1S/C40H23N3S2/c1-3-11-24(12-4-1)26-19-27(25-13-5-2-6-14-25)21-28(20-26)43-32-17-9-7-15-29(32)36-37(43)39-35(31-22-41-23-42-40(31)45-39)34-30-16-8-10-18-33(30)44-38(34)36/h1-23H. The van der Waals surface area contributed by atoms with Gasteiger partial charge in [-0.3, -0.25) is 0 Å². The summed E-state index contributed by atoms with van der Waals surface area (Å²) < 4.78 is 6.36. The average Bonchev–Trinajstić information content (AvgIpc) is 3.78. The van der Waals surface area contributed by atoms with E-state index in [0.29, 0.717) is 0 Å². The third kappa shape index (κ3) is 3.62. The largest absolute Gasteiger partial charge is 0.308 e. The van der Waals surface area contributed by atoms with Crippen LogP contribution >= 0.6 is 22.7 Å². The van der Waals surface area contributed by atoms with Crippen LogP contribution in [0.2, 0.25) is 0 Å². The van der Waals surface area contributed by atoms with Gasteiger partial charge in [0.1, 0.15) is 11.2 Å². The molecule has 4 heterocycles. The van der Waals surface area contributed by atoms with Gasteiger partial charge in [-0.05, 0) is 52.6 Å². The fourth-order valence-corrected chi connectivity index (χ4v) is 9.45. The van der Waals surface area contributed by atoms with Gasteiger partial charge in [0.15, 0.2) is 0 Å². The molecule has 45 heavy (non-hydrogen) atoms. The number of benzene rings is 6. The van der Waals surface area contributed by atoms with Crippen LogP contribution in [0, 0.1) is 0 Å². The summed E-state index contributed by atoms with van der Waals surface area (Å²) in [6.07, 6.45) is 3.66. The summed E-state index contributed by atoms with van der Waals surface area (Å²) in [7, 11) is 0. The lowest BCUT2D eigenvalue weighted by Crippen LogP contribution is -1.96. The molecule has 4 aromatic heterocycles. The molecular formula is C40H23N3S2. The molecule has 0 bridgehead atoms. The second kappa shape index (κ2) is 9.57. The molecule has 0 N–H and O–H groups in total. The monoisotopic (exact) mass is 609 g/mol. The summed E-state index contributed by atoms with van der Waals surface area (Å²) in [4.78, 5) is 10.3. The number of nitrogens with zero attached hydrogens (tertiary/aromatic N) is 3. The van der Waals surface area contributed by atoms with E-state index in [-0.39, 0.29) is 0 Å². The molecule has 0 atom stereocenters. The van der Waals surface area contributed by atoms with Gasteiger partial charge in [-0.15, -0.1) is 22.7 Å².